The van der Waals surface area contributed by atoms with E-state index in [1.165, 1.54) is 18.4 Å². The van der Waals surface area contributed by atoms with Crippen LogP contribution >= 0.6 is 0 Å². The lowest BCUT2D eigenvalue weighted by Gasteiger charge is -2.29. The van der Waals surface area contributed by atoms with Crippen LogP contribution in [-0.4, -0.2) is 35.4 Å². The van der Waals surface area contributed by atoms with Gasteiger partial charge >= 0.3 is 0 Å². The van der Waals surface area contributed by atoms with Crippen molar-refractivity contribution in [3.05, 3.63) is 59.8 Å². The maximum Gasteiger partial charge on any atom is 0.254 e. The van der Waals surface area contributed by atoms with Crippen molar-refractivity contribution in [2.75, 3.05) is 24.5 Å². The van der Waals surface area contributed by atoms with E-state index in [1.54, 1.807) is 0 Å². The Kier molecular flexibility index (Phi) is 4.20. The fourth-order valence-corrected chi connectivity index (χ4v) is 3.94. The maximum absolute atomic E-state index is 13.0. The Morgan fingerprint density at radius 2 is 1.75 bits per heavy atom. The zero-order valence-corrected chi connectivity index (χ0v) is 13.9. The summed E-state index contributed by atoms with van der Waals surface area (Å²) in [5.74, 6) is 1.21. The molecule has 4 nitrogen and oxygen atoms in total. The zero-order valence-electron chi connectivity index (χ0n) is 13.9. The molecule has 4 heteroatoms. The molecule has 1 aromatic heterocycles. The molecule has 124 valence electrons. The van der Waals surface area contributed by atoms with Gasteiger partial charge in [0.15, 0.2) is 0 Å². The smallest absolute Gasteiger partial charge is 0.254 e. The average Bonchev–Trinajstić information content (AvgIpc) is 3.33. The Balaban J connectivity index is 1.65. The summed E-state index contributed by atoms with van der Waals surface area (Å²) < 4.78 is 0. The second-order valence-electron chi connectivity index (χ2n) is 6.63. The molecule has 3 heterocycles. The summed E-state index contributed by atoms with van der Waals surface area (Å²) in [5.41, 5.74) is 1.98. The summed E-state index contributed by atoms with van der Waals surface area (Å²) in [7, 11) is 0. The van der Waals surface area contributed by atoms with Crippen LogP contribution in [0.3, 0.4) is 0 Å². The van der Waals surface area contributed by atoms with Crippen molar-refractivity contribution in [3.8, 4) is 0 Å². The number of carbonyl (C=O) groups is 1. The highest BCUT2D eigenvalue weighted by Gasteiger charge is 2.33. The summed E-state index contributed by atoms with van der Waals surface area (Å²) in [6.45, 7) is 2.97. The van der Waals surface area contributed by atoms with Gasteiger partial charge in [0.05, 0.1) is 6.04 Å². The highest BCUT2D eigenvalue weighted by Crippen LogP contribution is 2.37. The van der Waals surface area contributed by atoms with E-state index in [-0.39, 0.29) is 11.9 Å². The number of anilines is 1. The van der Waals surface area contributed by atoms with E-state index in [2.05, 4.69) is 16.0 Å². The van der Waals surface area contributed by atoms with Gasteiger partial charge in [0.1, 0.15) is 5.82 Å². The first-order valence-electron chi connectivity index (χ1n) is 8.90. The second kappa shape index (κ2) is 6.63. The molecular weight excluding hydrogens is 298 g/mol. The molecule has 2 saturated heterocycles. The third-order valence-corrected chi connectivity index (χ3v) is 5.12. The molecule has 1 atom stereocenters. The fourth-order valence-electron chi connectivity index (χ4n) is 3.94. The molecule has 0 spiro atoms. The molecule has 0 N–H and O–H groups in total. The molecule has 24 heavy (non-hydrogen) atoms. The average molecular weight is 321 g/mol. The summed E-state index contributed by atoms with van der Waals surface area (Å²) in [6.07, 6.45) is 6.40. The van der Waals surface area contributed by atoms with Gasteiger partial charge in [0, 0.05) is 37.0 Å². The van der Waals surface area contributed by atoms with Crippen LogP contribution < -0.4 is 4.90 Å². The molecule has 0 aliphatic carbocycles. The second-order valence-corrected chi connectivity index (χ2v) is 6.63. The normalized spacial score (nSPS) is 20.6. The zero-order chi connectivity index (χ0) is 16.4. The van der Waals surface area contributed by atoms with Gasteiger partial charge in [0.2, 0.25) is 0 Å². The van der Waals surface area contributed by atoms with Gasteiger partial charge < -0.3 is 9.80 Å². The number of hydrogen-bond donors (Lipinski definition) is 0. The van der Waals surface area contributed by atoms with Crippen LogP contribution in [0.25, 0.3) is 0 Å². The Morgan fingerprint density at radius 3 is 2.54 bits per heavy atom. The quantitative estimate of drug-likeness (QED) is 0.865. The number of amides is 1. The van der Waals surface area contributed by atoms with Crippen LogP contribution in [0.2, 0.25) is 0 Å². The number of pyridine rings is 1. The van der Waals surface area contributed by atoms with Crippen molar-refractivity contribution in [3.63, 3.8) is 0 Å². The predicted molar refractivity (Wildman–Crippen MR) is 95.1 cm³/mol. The van der Waals surface area contributed by atoms with Gasteiger partial charge in [-0.3, -0.25) is 4.79 Å². The molecule has 2 aliphatic heterocycles. The highest BCUT2D eigenvalue weighted by molar-refractivity contribution is 5.94. The van der Waals surface area contributed by atoms with Gasteiger partial charge in [-0.05, 0) is 43.9 Å². The number of hydrogen-bond acceptors (Lipinski definition) is 3. The van der Waals surface area contributed by atoms with E-state index in [0.717, 1.165) is 43.9 Å². The summed E-state index contributed by atoms with van der Waals surface area (Å²) in [5, 5.41) is 0. The minimum absolute atomic E-state index is 0.134. The number of likely N-dealkylation sites (tertiary alicyclic amines) is 1. The SMILES string of the molecule is O=C(c1ccccc1)N1CCC[C@H]1c1cccnc1N1CCCC1. The van der Waals surface area contributed by atoms with Crippen LogP contribution in [0, 0.1) is 0 Å². The summed E-state index contributed by atoms with van der Waals surface area (Å²) in [4.78, 5) is 22.0. The monoisotopic (exact) mass is 321 g/mol. The van der Waals surface area contributed by atoms with Gasteiger partial charge in [-0.2, -0.15) is 0 Å². The maximum atomic E-state index is 13.0. The van der Waals surface area contributed by atoms with Crippen LogP contribution in [0.1, 0.15) is 47.6 Å². The molecule has 2 aromatic rings. The first-order chi connectivity index (χ1) is 11.8. The lowest BCUT2D eigenvalue weighted by Crippen LogP contribution is -2.32. The Morgan fingerprint density at radius 1 is 0.958 bits per heavy atom. The van der Waals surface area contributed by atoms with Gasteiger partial charge in [-0.25, -0.2) is 4.98 Å². The molecule has 1 amide bonds. The van der Waals surface area contributed by atoms with Gasteiger partial charge in [-0.15, -0.1) is 0 Å². The van der Waals surface area contributed by atoms with Crippen LogP contribution in [0.15, 0.2) is 48.7 Å². The van der Waals surface area contributed by atoms with E-state index >= 15 is 0 Å². The first kappa shape index (κ1) is 15.2. The fraction of sp³-hybridized carbons (Fsp3) is 0.400. The third kappa shape index (κ3) is 2.77. The molecular formula is C20H23N3O. The van der Waals surface area contributed by atoms with E-state index in [0.29, 0.717) is 0 Å². The summed E-state index contributed by atoms with van der Waals surface area (Å²) >= 11 is 0. The van der Waals surface area contributed by atoms with Crippen molar-refractivity contribution in [1.29, 1.82) is 0 Å². The van der Waals surface area contributed by atoms with E-state index in [4.69, 9.17) is 0 Å². The van der Waals surface area contributed by atoms with Gasteiger partial charge in [0.25, 0.3) is 5.91 Å². The molecule has 0 bridgehead atoms. The minimum Gasteiger partial charge on any atom is -0.356 e. The Labute approximate surface area is 143 Å². The van der Waals surface area contributed by atoms with Gasteiger partial charge in [-0.1, -0.05) is 24.3 Å². The topological polar surface area (TPSA) is 36.4 Å². The van der Waals surface area contributed by atoms with Crippen LogP contribution in [0.5, 0.6) is 0 Å². The van der Waals surface area contributed by atoms with E-state index in [9.17, 15) is 4.79 Å². The van der Waals surface area contributed by atoms with Crippen molar-refractivity contribution < 1.29 is 4.79 Å². The number of benzene rings is 1. The van der Waals surface area contributed by atoms with Crippen molar-refractivity contribution in [2.45, 2.75) is 31.7 Å². The lowest BCUT2D eigenvalue weighted by molar-refractivity contribution is 0.0736. The molecule has 0 saturated carbocycles. The van der Waals surface area contributed by atoms with Crippen molar-refractivity contribution in [2.24, 2.45) is 0 Å². The van der Waals surface area contributed by atoms with E-state index in [1.807, 2.05) is 47.5 Å². The first-order valence-corrected chi connectivity index (χ1v) is 8.90. The van der Waals surface area contributed by atoms with E-state index < -0.39 is 0 Å². The standard InChI is InChI=1S/C20H23N3O/c24-20(16-8-2-1-3-9-16)23-15-7-11-18(23)17-10-6-12-21-19(17)22-13-4-5-14-22/h1-3,6,8-10,12,18H,4-5,7,11,13-15H2/t18-/m0/s1. The number of rotatable bonds is 3. The van der Waals surface area contributed by atoms with Crippen LogP contribution in [-0.2, 0) is 0 Å². The van der Waals surface area contributed by atoms with Crippen LogP contribution in [0.4, 0.5) is 5.82 Å². The Bertz CT molecular complexity index is 710. The molecule has 2 fully saturated rings. The lowest BCUT2D eigenvalue weighted by atomic mass is 10.0. The largest absolute Gasteiger partial charge is 0.356 e. The molecule has 0 unspecified atom stereocenters. The molecule has 2 aliphatic rings. The minimum atomic E-state index is 0.134. The van der Waals surface area contributed by atoms with Crippen molar-refractivity contribution >= 4 is 11.7 Å². The van der Waals surface area contributed by atoms with Crippen molar-refractivity contribution in [1.82, 2.24) is 9.88 Å². The molecule has 1 aromatic carbocycles. The number of aromatic nitrogens is 1. The highest BCUT2D eigenvalue weighted by atomic mass is 16.2. The Hall–Kier alpha value is -2.36. The third-order valence-electron chi connectivity index (χ3n) is 5.12. The molecule has 0 radical (unpaired) electrons. The summed E-state index contributed by atoms with van der Waals surface area (Å²) in [6, 6.07) is 13.9. The number of nitrogens with zero attached hydrogens (tertiary/aromatic N) is 3. The predicted octanol–water partition coefficient (Wildman–Crippen LogP) is 3.66. The molecule has 4 rings (SSSR count). The number of carbonyl (C=O) groups excluding carboxylic acids is 1.